The Morgan fingerprint density at radius 2 is 1.74 bits per heavy atom. The van der Waals surface area contributed by atoms with Gasteiger partial charge in [0.1, 0.15) is 5.69 Å². The molecule has 0 bridgehead atoms. The molecule has 0 aromatic carbocycles. The van der Waals surface area contributed by atoms with Gasteiger partial charge in [-0.3, -0.25) is 9.36 Å². The molecule has 9 heteroatoms. The molecule has 0 fully saturated rings. The number of alkyl halides is 6. The predicted molar refractivity (Wildman–Crippen MR) is 58.6 cm³/mol. The summed E-state index contributed by atoms with van der Waals surface area (Å²) in [7, 11) is 0. The van der Waals surface area contributed by atoms with Crippen LogP contribution in [0.3, 0.4) is 0 Å². The van der Waals surface area contributed by atoms with Crippen molar-refractivity contribution in [2.45, 2.75) is 18.9 Å². The minimum atomic E-state index is -5.08. The van der Waals surface area contributed by atoms with Gasteiger partial charge in [0, 0.05) is 6.54 Å². The molecule has 0 N–H and O–H groups in total. The van der Waals surface area contributed by atoms with Crippen LogP contribution in [-0.4, -0.2) is 4.57 Å². The van der Waals surface area contributed by atoms with E-state index in [2.05, 4.69) is 22.5 Å². The molecule has 1 aromatic rings. The minimum Gasteiger partial charge on any atom is -0.300 e. The van der Waals surface area contributed by atoms with E-state index in [-0.39, 0.29) is 10.6 Å². The van der Waals surface area contributed by atoms with Gasteiger partial charge in [0.15, 0.2) is 0 Å². The van der Waals surface area contributed by atoms with E-state index in [1.807, 2.05) is 0 Å². The Bertz CT molecular complexity index is 557. The summed E-state index contributed by atoms with van der Waals surface area (Å²) in [6.07, 6.45) is -9.16. The molecule has 0 saturated heterocycles. The highest BCUT2D eigenvalue weighted by Crippen LogP contribution is 2.37. The second kappa shape index (κ2) is 5.03. The van der Waals surface area contributed by atoms with Crippen molar-refractivity contribution < 1.29 is 26.3 Å². The number of pyridine rings is 1. The van der Waals surface area contributed by atoms with Crippen molar-refractivity contribution in [3.8, 4) is 0 Å². The fraction of sp³-hybridized carbons (Fsp3) is 0.300. The highest BCUT2D eigenvalue weighted by molar-refractivity contribution is 9.10. The number of halogens is 7. The van der Waals surface area contributed by atoms with Crippen molar-refractivity contribution in [1.29, 1.82) is 0 Å². The molecule has 1 heterocycles. The molecule has 1 aromatic heterocycles. The van der Waals surface area contributed by atoms with E-state index in [9.17, 15) is 31.1 Å². The second-order valence-electron chi connectivity index (χ2n) is 3.46. The zero-order valence-electron chi connectivity index (χ0n) is 9.07. The first-order valence-electron chi connectivity index (χ1n) is 4.68. The zero-order chi connectivity index (χ0) is 15.0. The van der Waals surface area contributed by atoms with E-state index in [0.29, 0.717) is 0 Å². The molecule has 0 atom stereocenters. The van der Waals surface area contributed by atoms with E-state index in [0.717, 1.165) is 6.08 Å². The van der Waals surface area contributed by atoms with Crippen molar-refractivity contribution >= 4 is 15.9 Å². The van der Waals surface area contributed by atoms with Gasteiger partial charge in [0.2, 0.25) is 0 Å². The van der Waals surface area contributed by atoms with Crippen molar-refractivity contribution in [2.24, 2.45) is 0 Å². The van der Waals surface area contributed by atoms with Crippen LogP contribution < -0.4 is 5.56 Å². The SMILES string of the molecule is C=CCn1c(C(F)(F)F)cc(C(F)(F)F)c(Br)c1=O. The highest BCUT2D eigenvalue weighted by atomic mass is 79.9. The summed E-state index contributed by atoms with van der Waals surface area (Å²) in [5.74, 6) is 0. The molecule has 0 aliphatic carbocycles. The fourth-order valence-corrected chi connectivity index (χ4v) is 1.93. The molecule has 19 heavy (non-hydrogen) atoms. The van der Waals surface area contributed by atoms with Crippen LogP contribution in [0.5, 0.6) is 0 Å². The Balaban J connectivity index is 3.75. The molecule has 0 unspecified atom stereocenters. The lowest BCUT2D eigenvalue weighted by Gasteiger charge is -2.18. The number of rotatable bonds is 2. The third-order valence-electron chi connectivity index (χ3n) is 2.15. The van der Waals surface area contributed by atoms with Gasteiger partial charge in [-0.15, -0.1) is 6.58 Å². The second-order valence-corrected chi connectivity index (χ2v) is 4.25. The standard InChI is InChI=1S/C10H6BrF6NO/c1-2-3-18-6(10(15,16)17)4-5(9(12,13)14)7(11)8(18)19/h2,4H,1,3H2. The summed E-state index contributed by atoms with van der Waals surface area (Å²) in [5.41, 5.74) is -4.75. The van der Waals surface area contributed by atoms with Crippen LogP contribution in [0.1, 0.15) is 11.3 Å². The molecule has 0 radical (unpaired) electrons. The van der Waals surface area contributed by atoms with Crippen LogP contribution in [0, 0.1) is 0 Å². The fourth-order valence-electron chi connectivity index (χ4n) is 1.37. The molecule has 0 amide bonds. The summed E-state index contributed by atoms with van der Waals surface area (Å²) >= 11 is 2.38. The molecule has 2 nitrogen and oxygen atoms in total. The quantitative estimate of drug-likeness (QED) is 0.587. The van der Waals surface area contributed by atoms with E-state index < -0.39 is 40.2 Å². The van der Waals surface area contributed by atoms with Gasteiger partial charge < -0.3 is 0 Å². The van der Waals surface area contributed by atoms with Crippen LogP contribution in [0.15, 0.2) is 28.0 Å². The smallest absolute Gasteiger partial charge is 0.300 e. The molecule has 1 rings (SSSR count). The number of hydrogen-bond donors (Lipinski definition) is 0. The van der Waals surface area contributed by atoms with Crippen molar-refractivity contribution in [1.82, 2.24) is 4.57 Å². The number of hydrogen-bond acceptors (Lipinski definition) is 1. The van der Waals surface area contributed by atoms with Gasteiger partial charge in [0.25, 0.3) is 5.56 Å². The zero-order valence-corrected chi connectivity index (χ0v) is 10.7. The molecular weight excluding hydrogens is 344 g/mol. The predicted octanol–water partition coefficient (Wildman–Crippen LogP) is 3.83. The molecule has 0 saturated carbocycles. The molecule has 106 valence electrons. The van der Waals surface area contributed by atoms with Crippen LogP contribution >= 0.6 is 15.9 Å². The number of allylic oxidation sites excluding steroid dienone is 1. The van der Waals surface area contributed by atoms with E-state index >= 15 is 0 Å². The summed E-state index contributed by atoms with van der Waals surface area (Å²) in [4.78, 5) is 11.6. The maximum absolute atomic E-state index is 12.7. The van der Waals surface area contributed by atoms with Gasteiger partial charge in [0.05, 0.1) is 10.0 Å². The van der Waals surface area contributed by atoms with Crippen LogP contribution in [0.2, 0.25) is 0 Å². The normalized spacial score (nSPS) is 12.6. The van der Waals surface area contributed by atoms with Crippen LogP contribution in [0.25, 0.3) is 0 Å². The third kappa shape index (κ3) is 3.20. The lowest BCUT2D eigenvalue weighted by atomic mass is 10.2. The molecule has 0 spiro atoms. The average Bonchev–Trinajstić information content (AvgIpc) is 2.21. The topological polar surface area (TPSA) is 22.0 Å². The minimum absolute atomic E-state index is 0.102. The first-order valence-corrected chi connectivity index (χ1v) is 5.48. The summed E-state index contributed by atoms with van der Waals surface area (Å²) < 4.78 is 74.9. The first-order chi connectivity index (χ1) is 8.50. The molecular formula is C10H6BrF6NO. The number of nitrogens with zero attached hydrogens (tertiary/aromatic N) is 1. The summed E-state index contributed by atoms with van der Waals surface area (Å²) in [5, 5.41) is 0. The highest BCUT2D eigenvalue weighted by Gasteiger charge is 2.41. The number of aromatic nitrogens is 1. The monoisotopic (exact) mass is 349 g/mol. The first kappa shape index (κ1) is 15.8. The van der Waals surface area contributed by atoms with Gasteiger partial charge >= 0.3 is 12.4 Å². The maximum Gasteiger partial charge on any atom is 0.431 e. The van der Waals surface area contributed by atoms with E-state index in [1.165, 1.54) is 0 Å². The lowest BCUT2D eigenvalue weighted by Crippen LogP contribution is -2.30. The largest absolute Gasteiger partial charge is 0.431 e. The van der Waals surface area contributed by atoms with E-state index in [4.69, 9.17) is 0 Å². The van der Waals surface area contributed by atoms with Crippen LogP contribution in [-0.2, 0) is 18.9 Å². The Morgan fingerprint density at radius 3 is 2.11 bits per heavy atom. The Labute approximate surface area is 111 Å². The van der Waals surface area contributed by atoms with Gasteiger partial charge in [-0.1, -0.05) is 6.08 Å². The van der Waals surface area contributed by atoms with Gasteiger partial charge in [-0.05, 0) is 22.0 Å². The molecule has 0 aliphatic rings. The van der Waals surface area contributed by atoms with Crippen molar-refractivity contribution in [3.63, 3.8) is 0 Å². The average molecular weight is 350 g/mol. The molecule has 0 aliphatic heterocycles. The van der Waals surface area contributed by atoms with Gasteiger partial charge in [-0.2, -0.15) is 26.3 Å². The Kier molecular flexibility index (Phi) is 4.18. The Hall–Kier alpha value is -1.25. The van der Waals surface area contributed by atoms with Crippen LogP contribution in [0.4, 0.5) is 26.3 Å². The third-order valence-corrected chi connectivity index (χ3v) is 2.92. The maximum atomic E-state index is 12.7. The van der Waals surface area contributed by atoms with Crippen molar-refractivity contribution in [2.75, 3.05) is 0 Å². The van der Waals surface area contributed by atoms with E-state index in [1.54, 1.807) is 0 Å². The summed E-state index contributed by atoms with van der Waals surface area (Å²) in [6, 6.07) is -0.102. The Morgan fingerprint density at radius 1 is 1.21 bits per heavy atom. The summed E-state index contributed by atoms with van der Waals surface area (Å²) in [6.45, 7) is 2.61. The van der Waals surface area contributed by atoms with Crippen molar-refractivity contribution in [3.05, 3.63) is 44.8 Å². The lowest BCUT2D eigenvalue weighted by molar-refractivity contribution is -0.148. The van der Waals surface area contributed by atoms with Gasteiger partial charge in [-0.25, -0.2) is 0 Å².